The molecule has 1 aliphatic rings. The Morgan fingerprint density at radius 2 is 2.00 bits per heavy atom. The minimum atomic E-state index is 0.198. The largest absolute Gasteiger partial charge is 0.483 e. The summed E-state index contributed by atoms with van der Waals surface area (Å²) in [5.41, 5.74) is 1.08. The lowest BCUT2D eigenvalue weighted by Crippen LogP contribution is -2.22. The average Bonchev–Trinajstić information content (AvgIpc) is 2.11. The van der Waals surface area contributed by atoms with Crippen molar-refractivity contribution in [3.05, 3.63) is 0 Å². The Kier molecular flexibility index (Phi) is 6.20. The van der Waals surface area contributed by atoms with Crippen LogP contribution >= 0.6 is 0 Å². The molecule has 1 rings (SSSR count). The molecule has 0 saturated carbocycles. The van der Waals surface area contributed by atoms with Gasteiger partial charge in [0.1, 0.15) is 6.54 Å². The highest BCUT2D eigenvalue weighted by Gasteiger charge is 2.11. The van der Waals surface area contributed by atoms with Crippen molar-refractivity contribution < 1.29 is 4.74 Å². The van der Waals surface area contributed by atoms with Crippen molar-refractivity contribution in [3.63, 3.8) is 0 Å². The Hall–Kier alpha value is -0.860. The van der Waals surface area contributed by atoms with E-state index in [1.54, 1.807) is 7.11 Å². The van der Waals surface area contributed by atoms with E-state index in [1.807, 2.05) is 13.8 Å². The SMILES string of the molecule is CCC.COC1=NC(C)C(C)=NC1. The molecule has 0 fully saturated rings. The highest BCUT2D eigenvalue weighted by atomic mass is 16.5. The summed E-state index contributed by atoms with van der Waals surface area (Å²) in [7, 11) is 1.63. The van der Waals surface area contributed by atoms with Crippen molar-refractivity contribution in [2.24, 2.45) is 9.98 Å². The quantitative estimate of drug-likeness (QED) is 0.569. The molecule has 0 aliphatic carbocycles. The van der Waals surface area contributed by atoms with Gasteiger partial charge in [-0.05, 0) is 13.8 Å². The summed E-state index contributed by atoms with van der Waals surface area (Å²) in [5.74, 6) is 0.734. The van der Waals surface area contributed by atoms with Crippen molar-refractivity contribution in [2.75, 3.05) is 13.7 Å². The Morgan fingerprint density at radius 1 is 1.46 bits per heavy atom. The van der Waals surface area contributed by atoms with Crippen molar-refractivity contribution in [1.29, 1.82) is 0 Å². The van der Waals surface area contributed by atoms with Crippen LogP contribution in [0.5, 0.6) is 0 Å². The zero-order valence-corrected chi connectivity index (χ0v) is 9.29. The summed E-state index contributed by atoms with van der Waals surface area (Å²) in [6.07, 6.45) is 1.25. The van der Waals surface area contributed by atoms with Gasteiger partial charge in [-0.25, -0.2) is 4.99 Å². The second-order valence-electron chi connectivity index (χ2n) is 3.07. The monoisotopic (exact) mass is 184 g/mol. The summed E-state index contributed by atoms with van der Waals surface area (Å²) in [5, 5.41) is 0. The molecule has 0 amide bonds. The predicted octanol–water partition coefficient (Wildman–Crippen LogP) is 2.31. The van der Waals surface area contributed by atoms with Gasteiger partial charge < -0.3 is 4.74 Å². The molecule has 76 valence electrons. The number of hydrogen-bond donors (Lipinski definition) is 0. The third-order valence-corrected chi connectivity index (χ3v) is 1.64. The Labute approximate surface area is 80.9 Å². The Morgan fingerprint density at radius 3 is 2.38 bits per heavy atom. The van der Waals surface area contributed by atoms with Crippen LogP contribution < -0.4 is 0 Å². The number of nitrogens with zero attached hydrogens (tertiary/aromatic N) is 2. The van der Waals surface area contributed by atoms with Crippen LogP contribution in [-0.4, -0.2) is 31.3 Å². The highest BCUT2D eigenvalue weighted by Crippen LogP contribution is 2.01. The molecule has 0 spiro atoms. The lowest BCUT2D eigenvalue weighted by Gasteiger charge is -2.13. The van der Waals surface area contributed by atoms with E-state index in [0.29, 0.717) is 6.54 Å². The average molecular weight is 184 g/mol. The highest BCUT2D eigenvalue weighted by molar-refractivity contribution is 5.94. The van der Waals surface area contributed by atoms with E-state index in [2.05, 4.69) is 23.8 Å². The van der Waals surface area contributed by atoms with Gasteiger partial charge in [0.05, 0.1) is 13.2 Å². The molecular formula is C10H20N2O. The first-order valence-corrected chi connectivity index (χ1v) is 4.77. The van der Waals surface area contributed by atoms with Crippen LogP contribution in [0.1, 0.15) is 34.1 Å². The summed E-state index contributed by atoms with van der Waals surface area (Å²) >= 11 is 0. The second kappa shape index (κ2) is 6.63. The normalized spacial score (nSPS) is 20.8. The van der Waals surface area contributed by atoms with E-state index < -0.39 is 0 Å². The summed E-state index contributed by atoms with van der Waals surface area (Å²) < 4.78 is 4.95. The molecular weight excluding hydrogens is 164 g/mol. The summed E-state index contributed by atoms with van der Waals surface area (Å²) in [4.78, 5) is 8.47. The first kappa shape index (κ1) is 12.1. The van der Waals surface area contributed by atoms with E-state index in [1.165, 1.54) is 6.42 Å². The predicted molar refractivity (Wildman–Crippen MR) is 57.8 cm³/mol. The van der Waals surface area contributed by atoms with E-state index in [-0.39, 0.29) is 6.04 Å². The molecule has 0 aromatic carbocycles. The van der Waals surface area contributed by atoms with Crippen molar-refractivity contribution in [2.45, 2.75) is 40.2 Å². The summed E-state index contributed by atoms with van der Waals surface area (Å²) in [6.45, 7) is 8.85. The maximum atomic E-state index is 4.95. The number of methoxy groups -OCH3 is 1. The Balaban J connectivity index is 0.000000424. The van der Waals surface area contributed by atoms with E-state index in [9.17, 15) is 0 Å². The van der Waals surface area contributed by atoms with Crippen LogP contribution in [0.25, 0.3) is 0 Å². The topological polar surface area (TPSA) is 34.0 Å². The van der Waals surface area contributed by atoms with Crippen LogP contribution in [0.2, 0.25) is 0 Å². The molecule has 0 aromatic rings. The van der Waals surface area contributed by atoms with Crippen LogP contribution in [0.4, 0.5) is 0 Å². The van der Waals surface area contributed by atoms with Gasteiger partial charge in [0.15, 0.2) is 0 Å². The van der Waals surface area contributed by atoms with E-state index in [4.69, 9.17) is 4.74 Å². The minimum Gasteiger partial charge on any atom is -0.483 e. The van der Waals surface area contributed by atoms with Crippen molar-refractivity contribution >= 4 is 11.6 Å². The molecule has 1 atom stereocenters. The zero-order valence-electron chi connectivity index (χ0n) is 9.29. The summed E-state index contributed by atoms with van der Waals surface area (Å²) in [6, 6.07) is 0.198. The first-order chi connectivity index (χ1) is 6.15. The molecule has 0 saturated heterocycles. The lowest BCUT2D eigenvalue weighted by atomic mass is 10.2. The fourth-order valence-corrected chi connectivity index (χ4v) is 0.792. The molecule has 0 bridgehead atoms. The van der Waals surface area contributed by atoms with Crippen LogP contribution in [0.15, 0.2) is 9.98 Å². The van der Waals surface area contributed by atoms with Gasteiger partial charge in [0.25, 0.3) is 0 Å². The van der Waals surface area contributed by atoms with Gasteiger partial charge in [-0.2, -0.15) is 0 Å². The lowest BCUT2D eigenvalue weighted by molar-refractivity contribution is 0.391. The van der Waals surface area contributed by atoms with Gasteiger partial charge in [-0.15, -0.1) is 0 Å². The molecule has 1 unspecified atom stereocenters. The number of ether oxygens (including phenoxy) is 1. The van der Waals surface area contributed by atoms with Crippen LogP contribution in [-0.2, 0) is 4.74 Å². The van der Waals surface area contributed by atoms with E-state index >= 15 is 0 Å². The number of hydrogen-bond acceptors (Lipinski definition) is 3. The molecule has 0 radical (unpaired) electrons. The molecule has 3 heteroatoms. The molecule has 1 heterocycles. The first-order valence-electron chi connectivity index (χ1n) is 4.77. The maximum Gasteiger partial charge on any atom is 0.205 e. The fourth-order valence-electron chi connectivity index (χ4n) is 0.792. The van der Waals surface area contributed by atoms with E-state index in [0.717, 1.165) is 11.6 Å². The molecule has 0 aromatic heterocycles. The molecule has 3 nitrogen and oxygen atoms in total. The smallest absolute Gasteiger partial charge is 0.205 e. The van der Waals surface area contributed by atoms with Gasteiger partial charge in [0.2, 0.25) is 5.90 Å². The van der Waals surface area contributed by atoms with Gasteiger partial charge in [-0.1, -0.05) is 20.3 Å². The third kappa shape index (κ3) is 4.65. The van der Waals surface area contributed by atoms with Crippen molar-refractivity contribution in [1.82, 2.24) is 0 Å². The maximum absolute atomic E-state index is 4.95. The zero-order chi connectivity index (χ0) is 10.3. The van der Waals surface area contributed by atoms with Gasteiger partial charge in [0, 0.05) is 5.71 Å². The number of aliphatic imine (C=N–C) groups is 2. The minimum absolute atomic E-state index is 0.198. The molecule has 1 aliphatic heterocycles. The van der Waals surface area contributed by atoms with Crippen LogP contribution in [0, 0.1) is 0 Å². The van der Waals surface area contributed by atoms with Crippen LogP contribution in [0.3, 0.4) is 0 Å². The number of rotatable bonds is 0. The second-order valence-corrected chi connectivity index (χ2v) is 3.07. The standard InChI is InChI=1S/C7H12N2O.C3H8/c1-5-6(2)9-7(10-3)4-8-5;1-3-2/h6H,4H2,1-3H3;3H2,1-2H3. The third-order valence-electron chi connectivity index (χ3n) is 1.64. The fraction of sp³-hybridized carbons (Fsp3) is 0.800. The van der Waals surface area contributed by atoms with Gasteiger partial charge >= 0.3 is 0 Å². The van der Waals surface area contributed by atoms with Gasteiger partial charge in [-0.3, -0.25) is 4.99 Å². The molecule has 0 N–H and O–H groups in total. The molecule has 13 heavy (non-hydrogen) atoms. The Bertz CT molecular complexity index is 197. The van der Waals surface area contributed by atoms with Crippen molar-refractivity contribution in [3.8, 4) is 0 Å².